The van der Waals surface area contributed by atoms with E-state index in [2.05, 4.69) is 57.8 Å². The molecule has 1 atom stereocenters. The Labute approximate surface area is 250 Å². The Bertz CT molecular complexity index is 1880. The molecule has 0 saturated heterocycles. The maximum atomic E-state index is 13.9. The summed E-state index contributed by atoms with van der Waals surface area (Å²) in [5.74, 6) is 0. The lowest BCUT2D eigenvalue weighted by Gasteiger charge is -2.23. The van der Waals surface area contributed by atoms with E-state index in [9.17, 15) is 18.4 Å². The van der Waals surface area contributed by atoms with Gasteiger partial charge >= 0.3 is 6.18 Å². The minimum atomic E-state index is -4.45. The quantitative estimate of drug-likeness (QED) is 0.197. The van der Waals surface area contributed by atoms with Crippen LogP contribution in [0, 0.1) is 16.7 Å². The number of aromatic nitrogens is 5. The van der Waals surface area contributed by atoms with E-state index < -0.39 is 17.8 Å². The Kier molecular flexibility index (Phi) is 6.92. The first kappa shape index (κ1) is 28.7. The third kappa shape index (κ3) is 5.31. The molecule has 0 aliphatic heterocycles. The minimum absolute atomic E-state index is 0.0472. The SMILES string of the molecule is CC(C)(C)CNc1c(C#N)cnc2c(Cl)cc(N[C@H](c3cn(C4(C(F)(F)F)CC4)nn3)c3cccc4ncccc34)cc12. The van der Waals surface area contributed by atoms with Crippen molar-refractivity contribution in [3.8, 4) is 6.07 Å². The van der Waals surface area contributed by atoms with Crippen LogP contribution in [-0.2, 0) is 5.54 Å². The zero-order valence-corrected chi connectivity index (χ0v) is 24.4. The van der Waals surface area contributed by atoms with Crippen molar-refractivity contribution >= 4 is 44.8 Å². The number of fused-ring (bicyclic) bond motifs is 2. The predicted octanol–water partition coefficient (Wildman–Crippen LogP) is 7.61. The van der Waals surface area contributed by atoms with Gasteiger partial charge in [-0.05, 0) is 48.1 Å². The molecule has 220 valence electrons. The maximum absolute atomic E-state index is 13.9. The van der Waals surface area contributed by atoms with Gasteiger partial charge < -0.3 is 10.6 Å². The van der Waals surface area contributed by atoms with Crippen molar-refractivity contribution in [1.82, 2.24) is 25.0 Å². The number of rotatable bonds is 7. The molecule has 0 bridgehead atoms. The Morgan fingerprint density at radius 1 is 1.09 bits per heavy atom. The number of anilines is 2. The summed E-state index contributed by atoms with van der Waals surface area (Å²) in [6.45, 7) is 6.83. The summed E-state index contributed by atoms with van der Waals surface area (Å²) in [6.07, 6.45) is -0.00647. The molecule has 2 N–H and O–H groups in total. The number of nitrogens with one attached hydrogen (secondary N) is 2. The molecule has 8 nitrogen and oxygen atoms in total. The van der Waals surface area contributed by atoms with Crippen LogP contribution < -0.4 is 10.6 Å². The molecule has 0 spiro atoms. The van der Waals surface area contributed by atoms with Crippen LogP contribution in [0.25, 0.3) is 21.8 Å². The van der Waals surface area contributed by atoms with Gasteiger partial charge in [-0.2, -0.15) is 18.4 Å². The van der Waals surface area contributed by atoms with E-state index in [1.54, 1.807) is 18.3 Å². The van der Waals surface area contributed by atoms with Gasteiger partial charge in [-0.25, -0.2) is 4.68 Å². The van der Waals surface area contributed by atoms with Crippen molar-refractivity contribution in [3.05, 3.63) is 82.9 Å². The summed E-state index contributed by atoms with van der Waals surface area (Å²) in [5, 5.41) is 26.6. The second-order valence-corrected chi connectivity index (χ2v) is 12.4. The van der Waals surface area contributed by atoms with E-state index in [1.807, 2.05) is 30.3 Å². The largest absolute Gasteiger partial charge is 0.413 e. The predicted molar refractivity (Wildman–Crippen MR) is 160 cm³/mol. The van der Waals surface area contributed by atoms with Crippen molar-refractivity contribution in [2.24, 2.45) is 5.41 Å². The van der Waals surface area contributed by atoms with E-state index >= 15 is 0 Å². The van der Waals surface area contributed by atoms with Crippen LogP contribution in [0.3, 0.4) is 0 Å². The number of halogens is 4. The summed E-state index contributed by atoms with van der Waals surface area (Å²) in [7, 11) is 0. The third-order valence-corrected chi connectivity index (χ3v) is 7.93. The molecule has 5 aromatic rings. The normalized spacial score (nSPS) is 15.3. The number of hydrogen-bond acceptors (Lipinski definition) is 7. The molecule has 3 aromatic heterocycles. The van der Waals surface area contributed by atoms with Crippen molar-refractivity contribution in [1.29, 1.82) is 5.26 Å². The third-order valence-electron chi connectivity index (χ3n) is 7.64. The van der Waals surface area contributed by atoms with Crippen molar-refractivity contribution in [3.63, 3.8) is 0 Å². The van der Waals surface area contributed by atoms with E-state index in [-0.39, 0.29) is 18.3 Å². The van der Waals surface area contributed by atoms with E-state index in [1.165, 1.54) is 12.4 Å². The van der Waals surface area contributed by atoms with Gasteiger partial charge in [0, 0.05) is 35.4 Å². The van der Waals surface area contributed by atoms with Gasteiger partial charge in [0.05, 0.1) is 39.5 Å². The van der Waals surface area contributed by atoms with Crippen LogP contribution in [0.15, 0.2) is 61.1 Å². The van der Waals surface area contributed by atoms with Crippen LogP contribution >= 0.6 is 11.6 Å². The molecule has 0 radical (unpaired) electrons. The fourth-order valence-corrected chi connectivity index (χ4v) is 5.48. The number of pyridine rings is 2. The molecule has 43 heavy (non-hydrogen) atoms. The summed E-state index contributed by atoms with van der Waals surface area (Å²) in [6, 6.07) is 14.3. The van der Waals surface area contributed by atoms with E-state index in [0.717, 1.165) is 21.1 Å². The number of hydrogen-bond donors (Lipinski definition) is 2. The minimum Gasteiger partial charge on any atom is -0.383 e. The van der Waals surface area contributed by atoms with Gasteiger partial charge in [0.1, 0.15) is 11.8 Å². The van der Waals surface area contributed by atoms with Gasteiger partial charge in [0.2, 0.25) is 0 Å². The highest BCUT2D eigenvalue weighted by Gasteiger charge is 2.66. The van der Waals surface area contributed by atoms with Gasteiger partial charge in [0.25, 0.3) is 0 Å². The Balaban J connectivity index is 1.49. The molecular weight excluding hydrogens is 577 g/mol. The molecule has 1 aliphatic rings. The maximum Gasteiger partial charge on any atom is 0.413 e. The molecular formula is C31H28ClF3N8. The number of nitrogens with zero attached hydrogens (tertiary/aromatic N) is 6. The zero-order valence-electron chi connectivity index (χ0n) is 23.7. The van der Waals surface area contributed by atoms with Crippen LogP contribution in [0.5, 0.6) is 0 Å². The molecule has 0 unspecified atom stereocenters. The first-order valence-electron chi connectivity index (χ1n) is 13.8. The highest BCUT2D eigenvalue weighted by Crippen LogP contribution is 2.55. The summed E-state index contributed by atoms with van der Waals surface area (Å²) in [4.78, 5) is 8.88. The van der Waals surface area contributed by atoms with Gasteiger partial charge in [-0.1, -0.05) is 55.8 Å². The topological polar surface area (TPSA) is 104 Å². The van der Waals surface area contributed by atoms with Gasteiger partial charge in [0.15, 0.2) is 5.54 Å². The fourth-order valence-electron chi connectivity index (χ4n) is 5.21. The number of nitriles is 1. The van der Waals surface area contributed by atoms with Gasteiger partial charge in [-0.15, -0.1) is 5.10 Å². The molecule has 3 heterocycles. The van der Waals surface area contributed by atoms with Crippen LogP contribution in [0.2, 0.25) is 5.02 Å². The van der Waals surface area contributed by atoms with Crippen molar-refractivity contribution in [2.75, 3.05) is 17.2 Å². The van der Waals surface area contributed by atoms with Gasteiger partial charge in [-0.3, -0.25) is 9.97 Å². The Hall–Kier alpha value is -4.43. The fraction of sp³-hybridized carbons (Fsp3) is 0.323. The average Bonchev–Trinajstić information content (AvgIpc) is 3.65. The number of alkyl halides is 3. The van der Waals surface area contributed by atoms with Crippen LogP contribution in [-0.4, -0.2) is 37.7 Å². The zero-order chi connectivity index (χ0) is 30.6. The van der Waals surface area contributed by atoms with Crippen LogP contribution in [0.4, 0.5) is 24.5 Å². The highest BCUT2D eigenvalue weighted by atomic mass is 35.5. The van der Waals surface area contributed by atoms with Crippen molar-refractivity contribution in [2.45, 2.75) is 51.4 Å². The molecule has 1 fully saturated rings. The number of benzene rings is 2. The summed E-state index contributed by atoms with van der Waals surface area (Å²) in [5.41, 5.74) is 1.71. The molecule has 1 saturated carbocycles. The van der Waals surface area contributed by atoms with Crippen LogP contribution in [0.1, 0.15) is 56.5 Å². The first-order chi connectivity index (χ1) is 20.4. The Morgan fingerprint density at radius 3 is 2.58 bits per heavy atom. The second-order valence-electron chi connectivity index (χ2n) is 12.0. The monoisotopic (exact) mass is 604 g/mol. The molecule has 0 amide bonds. The lowest BCUT2D eigenvalue weighted by molar-refractivity contribution is -0.182. The summed E-state index contributed by atoms with van der Waals surface area (Å²) < 4.78 is 42.7. The Morgan fingerprint density at radius 2 is 1.88 bits per heavy atom. The molecule has 6 rings (SSSR count). The highest BCUT2D eigenvalue weighted by molar-refractivity contribution is 6.35. The van der Waals surface area contributed by atoms with E-state index in [4.69, 9.17) is 11.6 Å². The molecule has 2 aromatic carbocycles. The van der Waals surface area contributed by atoms with E-state index in [0.29, 0.717) is 45.1 Å². The summed E-state index contributed by atoms with van der Waals surface area (Å²) >= 11 is 6.73. The standard InChI is InChI=1S/C31H28ClF3N8/c1-29(2,3)17-39-26-18(14-36)15-38-27-22(26)12-19(13-23(27)32)40-28(21-6-4-8-24-20(21)7-5-11-37-24)25-16-43(42-41-25)30(9-10-30)31(33,34)35/h4-8,11-13,15-16,28,40H,9-10,17H2,1-3H3,(H,38,39)/t28-/m0/s1. The average molecular weight is 605 g/mol. The lowest BCUT2D eigenvalue weighted by atomic mass is 9.96. The smallest absolute Gasteiger partial charge is 0.383 e. The van der Waals surface area contributed by atoms with Crippen molar-refractivity contribution < 1.29 is 13.2 Å². The molecule has 12 heteroatoms. The first-order valence-corrected chi connectivity index (χ1v) is 14.1. The molecule has 1 aliphatic carbocycles. The second kappa shape index (κ2) is 10.4. The lowest BCUT2D eigenvalue weighted by Crippen LogP contribution is -2.35.